The molecule has 0 saturated heterocycles. The minimum atomic E-state index is 0.499. The van der Waals surface area contributed by atoms with Gasteiger partial charge in [-0.05, 0) is 17.5 Å². The Kier molecular flexibility index (Phi) is 2.09. The van der Waals surface area contributed by atoms with E-state index in [9.17, 15) is 0 Å². The second kappa shape index (κ2) is 3.26. The van der Waals surface area contributed by atoms with Crippen molar-refractivity contribution in [1.29, 1.82) is 0 Å². The molecule has 0 spiro atoms. The summed E-state index contributed by atoms with van der Waals surface area (Å²) >= 11 is 0. The number of rotatable bonds is 1. The topological polar surface area (TPSA) is 16.7 Å². The summed E-state index contributed by atoms with van der Waals surface area (Å²) in [5.74, 6) is 0.499. The summed E-state index contributed by atoms with van der Waals surface area (Å²) in [6, 6.07) is 5.72. The Hall–Kier alpha value is -1.62. The Balaban J connectivity index is 2.37. The number of benzene rings is 1. The monoisotopic (exact) mass is 184 g/mol. The van der Waals surface area contributed by atoms with E-state index in [0.717, 1.165) is 12.1 Å². The van der Waals surface area contributed by atoms with Gasteiger partial charge in [0.15, 0.2) is 5.69 Å². The lowest BCUT2D eigenvalue weighted by atomic mass is 10.0. The number of hydrogen-bond donors (Lipinski definition) is 0. The van der Waals surface area contributed by atoms with Crippen molar-refractivity contribution in [2.75, 3.05) is 0 Å². The quantitative estimate of drug-likeness (QED) is 0.594. The van der Waals surface area contributed by atoms with Crippen LogP contribution in [0.4, 0.5) is 11.4 Å². The molecule has 0 saturated carbocycles. The van der Waals surface area contributed by atoms with Crippen molar-refractivity contribution in [2.45, 2.75) is 20.3 Å². The standard InChI is InChI=1S/C12H12N2/c1-8(2)12-7-9-6-10(13-3)4-5-11(9)14-12/h4-6,8H,7H2,1-2H3. The van der Waals surface area contributed by atoms with Crippen LogP contribution in [0, 0.1) is 12.5 Å². The molecular formula is C12H12N2. The highest BCUT2D eigenvalue weighted by Crippen LogP contribution is 2.31. The second-order valence-corrected chi connectivity index (χ2v) is 3.86. The average Bonchev–Trinajstić information content (AvgIpc) is 2.59. The van der Waals surface area contributed by atoms with Crippen molar-refractivity contribution >= 4 is 17.1 Å². The zero-order chi connectivity index (χ0) is 10.1. The molecule has 2 rings (SSSR count). The van der Waals surface area contributed by atoms with Crippen LogP contribution in [0.15, 0.2) is 23.2 Å². The van der Waals surface area contributed by atoms with E-state index in [2.05, 4.69) is 23.7 Å². The first-order valence-electron chi connectivity index (χ1n) is 4.78. The van der Waals surface area contributed by atoms with Gasteiger partial charge >= 0.3 is 0 Å². The molecule has 14 heavy (non-hydrogen) atoms. The van der Waals surface area contributed by atoms with E-state index < -0.39 is 0 Å². The molecule has 2 nitrogen and oxygen atoms in total. The maximum absolute atomic E-state index is 6.93. The van der Waals surface area contributed by atoms with Crippen molar-refractivity contribution in [3.05, 3.63) is 35.2 Å². The molecule has 0 radical (unpaired) electrons. The molecule has 1 aliphatic rings. The van der Waals surface area contributed by atoms with Gasteiger partial charge in [0, 0.05) is 12.1 Å². The summed E-state index contributed by atoms with van der Waals surface area (Å²) in [7, 11) is 0. The molecule has 1 aliphatic heterocycles. The largest absolute Gasteiger partial charge is 0.257 e. The first-order valence-corrected chi connectivity index (χ1v) is 4.78. The Morgan fingerprint density at radius 1 is 1.43 bits per heavy atom. The van der Waals surface area contributed by atoms with E-state index in [1.807, 2.05) is 18.2 Å². The molecule has 0 atom stereocenters. The minimum Gasteiger partial charge on any atom is -0.257 e. The van der Waals surface area contributed by atoms with Crippen LogP contribution >= 0.6 is 0 Å². The van der Waals surface area contributed by atoms with E-state index >= 15 is 0 Å². The van der Waals surface area contributed by atoms with E-state index in [4.69, 9.17) is 6.57 Å². The average molecular weight is 184 g/mol. The van der Waals surface area contributed by atoms with Crippen LogP contribution in [0.25, 0.3) is 4.85 Å². The van der Waals surface area contributed by atoms with E-state index in [1.165, 1.54) is 11.3 Å². The summed E-state index contributed by atoms with van der Waals surface area (Å²) in [6.45, 7) is 11.2. The van der Waals surface area contributed by atoms with Gasteiger partial charge in [-0.3, -0.25) is 4.99 Å². The summed E-state index contributed by atoms with van der Waals surface area (Å²) in [4.78, 5) is 7.96. The summed E-state index contributed by atoms with van der Waals surface area (Å²) in [5.41, 5.74) is 4.18. The lowest BCUT2D eigenvalue weighted by Gasteiger charge is -2.01. The normalized spacial score (nSPS) is 13.7. The van der Waals surface area contributed by atoms with E-state index in [-0.39, 0.29) is 0 Å². The van der Waals surface area contributed by atoms with Gasteiger partial charge in [0.1, 0.15) is 0 Å². The van der Waals surface area contributed by atoms with Gasteiger partial charge in [0.05, 0.1) is 12.3 Å². The Morgan fingerprint density at radius 2 is 2.21 bits per heavy atom. The van der Waals surface area contributed by atoms with Gasteiger partial charge in [0.2, 0.25) is 0 Å². The predicted molar refractivity (Wildman–Crippen MR) is 58.3 cm³/mol. The SMILES string of the molecule is [C-]#[N+]c1ccc2c(c1)CC(C(C)C)=N2. The lowest BCUT2D eigenvalue weighted by molar-refractivity contribution is 0.871. The van der Waals surface area contributed by atoms with Crippen LogP contribution in [0.3, 0.4) is 0 Å². The molecule has 1 heterocycles. The Labute approximate surface area is 84.1 Å². The van der Waals surface area contributed by atoms with Crippen molar-refractivity contribution in [3.63, 3.8) is 0 Å². The first kappa shape index (κ1) is 8.96. The van der Waals surface area contributed by atoms with Crippen LogP contribution in [-0.4, -0.2) is 5.71 Å². The predicted octanol–water partition coefficient (Wildman–Crippen LogP) is 3.52. The number of aliphatic imine (C=N–C) groups is 1. The summed E-state index contributed by atoms with van der Waals surface area (Å²) in [5, 5.41) is 0. The molecule has 0 unspecified atom stereocenters. The minimum absolute atomic E-state index is 0.499. The molecular weight excluding hydrogens is 172 g/mol. The number of nitrogens with zero attached hydrogens (tertiary/aromatic N) is 2. The molecule has 1 aromatic rings. The van der Waals surface area contributed by atoms with E-state index in [1.54, 1.807) is 0 Å². The van der Waals surface area contributed by atoms with Gasteiger partial charge in [-0.25, -0.2) is 4.85 Å². The van der Waals surface area contributed by atoms with Crippen LogP contribution in [-0.2, 0) is 6.42 Å². The molecule has 0 fully saturated rings. The Morgan fingerprint density at radius 3 is 2.86 bits per heavy atom. The Bertz CT molecular complexity index is 436. The highest BCUT2D eigenvalue weighted by Gasteiger charge is 2.16. The third-order valence-electron chi connectivity index (χ3n) is 2.49. The molecule has 1 aromatic carbocycles. The molecule has 0 N–H and O–H groups in total. The maximum Gasteiger partial charge on any atom is 0.187 e. The fraction of sp³-hybridized carbons (Fsp3) is 0.333. The molecule has 2 heteroatoms. The molecule has 0 aromatic heterocycles. The molecule has 70 valence electrons. The third kappa shape index (κ3) is 1.42. The first-order chi connectivity index (χ1) is 6.70. The maximum atomic E-state index is 6.93. The lowest BCUT2D eigenvalue weighted by Crippen LogP contribution is -2.06. The van der Waals surface area contributed by atoms with Crippen LogP contribution in [0.5, 0.6) is 0 Å². The number of fused-ring (bicyclic) bond motifs is 1. The van der Waals surface area contributed by atoms with Crippen LogP contribution in [0.2, 0.25) is 0 Å². The number of hydrogen-bond acceptors (Lipinski definition) is 1. The van der Waals surface area contributed by atoms with Crippen molar-refractivity contribution in [3.8, 4) is 0 Å². The summed E-state index contributed by atoms with van der Waals surface area (Å²) < 4.78 is 0. The van der Waals surface area contributed by atoms with Gasteiger partial charge in [-0.15, -0.1) is 0 Å². The van der Waals surface area contributed by atoms with Crippen molar-refractivity contribution < 1.29 is 0 Å². The van der Waals surface area contributed by atoms with Crippen LogP contribution in [0.1, 0.15) is 19.4 Å². The fourth-order valence-corrected chi connectivity index (χ4v) is 1.61. The molecule has 0 amide bonds. The van der Waals surface area contributed by atoms with Gasteiger partial charge in [0.25, 0.3) is 0 Å². The molecule has 0 aliphatic carbocycles. The molecule has 0 bridgehead atoms. The van der Waals surface area contributed by atoms with E-state index in [0.29, 0.717) is 11.6 Å². The highest BCUT2D eigenvalue weighted by molar-refractivity contribution is 5.95. The van der Waals surface area contributed by atoms with Crippen molar-refractivity contribution in [1.82, 2.24) is 0 Å². The van der Waals surface area contributed by atoms with Gasteiger partial charge in [-0.2, -0.15) is 0 Å². The fourth-order valence-electron chi connectivity index (χ4n) is 1.61. The van der Waals surface area contributed by atoms with Gasteiger partial charge in [-0.1, -0.05) is 26.0 Å². The van der Waals surface area contributed by atoms with Gasteiger partial charge < -0.3 is 0 Å². The zero-order valence-electron chi connectivity index (χ0n) is 8.41. The second-order valence-electron chi connectivity index (χ2n) is 3.86. The third-order valence-corrected chi connectivity index (χ3v) is 2.49. The zero-order valence-corrected chi connectivity index (χ0v) is 8.41. The highest BCUT2D eigenvalue weighted by atomic mass is 14.8. The van der Waals surface area contributed by atoms with Crippen molar-refractivity contribution in [2.24, 2.45) is 10.9 Å². The van der Waals surface area contributed by atoms with Crippen LogP contribution < -0.4 is 0 Å². The summed E-state index contributed by atoms with van der Waals surface area (Å²) in [6.07, 6.45) is 0.913. The smallest absolute Gasteiger partial charge is 0.187 e.